The Morgan fingerprint density at radius 2 is 1.95 bits per heavy atom. The van der Waals surface area contributed by atoms with Crippen LogP contribution >= 0.6 is 0 Å². The van der Waals surface area contributed by atoms with E-state index in [1.54, 1.807) is 0 Å². The number of carbonyl (C=O) groups excluding carboxylic acids is 1. The Kier molecular flexibility index (Phi) is 2.38. The van der Waals surface area contributed by atoms with Crippen molar-refractivity contribution < 1.29 is 4.79 Å². The van der Waals surface area contributed by atoms with E-state index in [4.69, 9.17) is 5.73 Å². The predicted molar refractivity (Wildman–Crippen MR) is 75.8 cm³/mol. The Balaban J connectivity index is 1.61. The molecule has 2 N–H and O–H groups in total. The Labute approximate surface area is 113 Å². The summed E-state index contributed by atoms with van der Waals surface area (Å²) in [7, 11) is 0. The van der Waals surface area contributed by atoms with Crippen molar-refractivity contribution in [3.05, 3.63) is 23.8 Å². The molecule has 2 aliphatic carbocycles. The molecule has 1 aromatic rings. The molecule has 2 unspecified atom stereocenters. The zero-order chi connectivity index (χ0) is 13.0. The summed E-state index contributed by atoms with van der Waals surface area (Å²) in [6, 6.07) is 5.99. The quantitative estimate of drug-likeness (QED) is 0.785. The van der Waals surface area contributed by atoms with Gasteiger partial charge in [0.25, 0.3) is 0 Å². The Morgan fingerprint density at radius 1 is 1.21 bits per heavy atom. The maximum Gasteiger partial charge on any atom is 0.230 e. The highest BCUT2D eigenvalue weighted by Gasteiger charge is 2.56. The van der Waals surface area contributed by atoms with E-state index >= 15 is 0 Å². The molecule has 0 bridgehead atoms. The number of nitrogen functional groups attached to an aromatic ring is 1. The number of hydrogen-bond acceptors (Lipinski definition) is 2. The molecule has 0 radical (unpaired) electrons. The number of fused-ring (bicyclic) bond motifs is 2. The van der Waals surface area contributed by atoms with Gasteiger partial charge in [0.05, 0.1) is 11.4 Å². The molecule has 2 atom stereocenters. The number of benzene rings is 1. The minimum absolute atomic E-state index is 0.299. The standard InChI is InChI=1S/C16H20N2O/c17-13-7-3-4-10-8-9-18(15(10)13)16(19)14-11-5-1-2-6-12(11)14/h3-4,7,11-12,14H,1-2,5-6,8-9,17H2. The second-order valence-electron chi connectivity index (χ2n) is 6.23. The van der Waals surface area contributed by atoms with E-state index in [9.17, 15) is 4.79 Å². The number of rotatable bonds is 1. The predicted octanol–water partition coefficient (Wildman–Crippen LogP) is 2.59. The van der Waals surface area contributed by atoms with Crippen LogP contribution in [0.2, 0.25) is 0 Å². The van der Waals surface area contributed by atoms with Gasteiger partial charge in [0.15, 0.2) is 0 Å². The Hall–Kier alpha value is -1.51. The average Bonchev–Trinajstić information content (AvgIpc) is 2.99. The molecule has 0 saturated heterocycles. The molecule has 1 amide bonds. The third-order valence-electron chi connectivity index (χ3n) is 5.23. The molecule has 4 rings (SSSR count). The van der Waals surface area contributed by atoms with Crippen LogP contribution in [0.1, 0.15) is 31.2 Å². The van der Waals surface area contributed by atoms with Crippen LogP contribution in [0, 0.1) is 17.8 Å². The van der Waals surface area contributed by atoms with Gasteiger partial charge in [-0.25, -0.2) is 0 Å². The second-order valence-corrected chi connectivity index (χ2v) is 6.23. The molecule has 19 heavy (non-hydrogen) atoms. The Bertz CT molecular complexity index is 528. The highest BCUT2D eigenvalue weighted by molar-refractivity contribution is 6.01. The van der Waals surface area contributed by atoms with Crippen molar-refractivity contribution in [3.63, 3.8) is 0 Å². The highest BCUT2D eigenvalue weighted by atomic mass is 16.2. The molecule has 1 heterocycles. The first-order chi connectivity index (χ1) is 9.27. The van der Waals surface area contributed by atoms with Crippen molar-refractivity contribution in [2.75, 3.05) is 17.2 Å². The fourth-order valence-corrected chi connectivity index (χ4v) is 4.25. The third kappa shape index (κ3) is 1.60. The number of carbonyl (C=O) groups is 1. The third-order valence-corrected chi connectivity index (χ3v) is 5.23. The van der Waals surface area contributed by atoms with E-state index < -0.39 is 0 Å². The van der Waals surface area contributed by atoms with Crippen LogP contribution in [-0.4, -0.2) is 12.5 Å². The van der Waals surface area contributed by atoms with Gasteiger partial charge in [0.1, 0.15) is 0 Å². The van der Waals surface area contributed by atoms with Gasteiger partial charge < -0.3 is 10.6 Å². The van der Waals surface area contributed by atoms with Gasteiger partial charge in [-0.1, -0.05) is 25.0 Å². The fourth-order valence-electron chi connectivity index (χ4n) is 4.25. The van der Waals surface area contributed by atoms with Crippen molar-refractivity contribution in [2.45, 2.75) is 32.1 Å². The SMILES string of the molecule is Nc1cccc2c1N(C(=O)C1C3CCCCC31)CC2. The monoisotopic (exact) mass is 256 g/mol. The van der Waals surface area contributed by atoms with Crippen LogP contribution in [0.25, 0.3) is 0 Å². The van der Waals surface area contributed by atoms with Gasteiger partial charge in [0.2, 0.25) is 5.91 Å². The summed E-state index contributed by atoms with van der Waals surface area (Å²) in [4.78, 5) is 14.7. The first kappa shape index (κ1) is 11.3. The summed E-state index contributed by atoms with van der Waals surface area (Å²) in [5.74, 6) is 1.99. The smallest absolute Gasteiger partial charge is 0.230 e. The van der Waals surface area contributed by atoms with Gasteiger partial charge in [-0.15, -0.1) is 0 Å². The normalized spacial score (nSPS) is 31.8. The lowest BCUT2D eigenvalue weighted by atomic mass is 10.0. The number of amides is 1. The van der Waals surface area contributed by atoms with E-state index in [0.717, 1.165) is 24.3 Å². The number of nitrogens with two attached hydrogens (primary N) is 1. The topological polar surface area (TPSA) is 46.3 Å². The van der Waals surface area contributed by atoms with Crippen LogP contribution in [-0.2, 0) is 11.2 Å². The van der Waals surface area contributed by atoms with Gasteiger partial charge in [0, 0.05) is 12.5 Å². The molecule has 2 fully saturated rings. The Morgan fingerprint density at radius 3 is 2.68 bits per heavy atom. The molecule has 2 saturated carbocycles. The number of hydrogen-bond donors (Lipinski definition) is 1. The molecule has 3 nitrogen and oxygen atoms in total. The van der Waals surface area contributed by atoms with Crippen molar-refractivity contribution in [1.29, 1.82) is 0 Å². The van der Waals surface area contributed by atoms with Crippen LogP contribution in [0.15, 0.2) is 18.2 Å². The molecule has 0 spiro atoms. The number of para-hydroxylation sites is 1. The lowest BCUT2D eigenvalue weighted by molar-refractivity contribution is -0.120. The van der Waals surface area contributed by atoms with E-state index in [0.29, 0.717) is 23.7 Å². The maximum atomic E-state index is 12.8. The summed E-state index contributed by atoms with van der Waals surface area (Å²) in [5.41, 5.74) is 9.06. The largest absolute Gasteiger partial charge is 0.397 e. The minimum atomic E-state index is 0.299. The van der Waals surface area contributed by atoms with Crippen LogP contribution in [0.3, 0.4) is 0 Å². The van der Waals surface area contributed by atoms with E-state index in [1.807, 2.05) is 17.0 Å². The van der Waals surface area contributed by atoms with Crippen LogP contribution < -0.4 is 10.6 Å². The molecule has 1 aromatic carbocycles. The summed E-state index contributed by atoms with van der Waals surface area (Å²) in [5, 5.41) is 0. The number of nitrogens with zero attached hydrogens (tertiary/aromatic N) is 1. The molecule has 0 aromatic heterocycles. The fraction of sp³-hybridized carbons (Fsp3) is 0.562. The molecule has 100 valence electrons. The van der Waals surface area contributed by atoms with Crippen molar-refractivity contribution >= 4 is 17.3 Å². The molecule has 3 heteroatoms. The summed E-state index contributed by atoms with van der Waals surface area (Å²) >= 11 is 0. The second kappa shape index (κ2) is 3.99. The van der Waals surface area contributed by atoms with Gasteiger partial charge >= 0.3 is 0 Å². The summed E-state index contributed by atoms with van der Waals surface area (Å²) in [6.07, 6.45) is 6.08. The molecular weight excluding hydrogens is 236 g/mol. The summed E-state index contributed by atoms with van der Waals surface area (Å²) in [6.45, 7) is 0.818. The summed E-state index contributed by atoms with van der Waals surface area (Å²) < 4.78 is 0. The van der Waals surface area contributed by atoms with Gasteiger partial charge in [-0.3, -0.25) is 4.79 Å². The zero-order valence-electron chi connectivity index (χ0n) is 11.1. The highest BCUT2D eigenvalue weighted by Crippen LogP contribution is 2.56. The van der Waals surface area contributed by atoms with E-state index in [1.165, 1.54) is 31.2 Å². The van der Waals surface area contributed by atoms with Crippen LogP contribution in [0.5, 0.6) is 0 Å². The molecule has 3 aliphatic rings. The van der Waals surface area contributed by atoms with Gasteiger partial charge in [-0.05, 0) is 42.7 Å². The molecular formula is C16H20N2O. The lowest BCUT2D eigenvalue weighted by Gasteiger charge is -2.19. The number of anilines is 2. The van der Waals surface area contributed by atoms with Crippen molar-refractivity contribution in [3.8, 4) is 0 Å². The minimum Gasteiger partial charge on any atom is -0.397 e. The van der Waals surface area contributed by atoms with E-state index in [2.05, 4.69) is 6.07 Å². The zero-order valence-corrected chi connectivity index (χ0v) is 11.1. The molecule has 1 aliphatic heterocycles. The van der Waals surface area contributed by atoms with Gasteiger partial charge in [-0.2, -0.15) is 0 Å². The maximum absolute atomic E-state index is 12.8. The van der Waals surface area contributed by atoms with Crippen molar-refractivity contribution in [1.82, 2.24) is 0 Å². The first-order valence-corrected chi connectivity index (χ1v) is 7.46. The van der Waals surface area contributed by atoms with Crippen molar-refractivity contribution in [2.24, 2.45) is 17.8 Å². The van der Waals surface area contributed by atoms with Crippen LogP contribution in [0.4, 0.5) is 11.4 Å². The first-order valence-electron chi connectivity index (χ1n) is 7.46. The van der Waals surface area contributed by atoms with E-state index in [-0.39, 0.29) is 0 Å². The lowest BCUT2D eigenvalue weighted by Crippen LogP contribution is -2.31. The average molecular weight is 256 g/mol.